The molecule has 4 heterocycles. The molecule has 3 fully saturated rings. The maximum absolute atomic E-state index is 6.03. The predicted octanol–water partition coefficient (Wildman–Crippen LogP) is 3.42. The molecular formula is C27H41N5O2. The molecule has 7 heteroatoms. The zero-order valence-corrected chi connectivity index (χ0v) is 20.8. The Balaban J connectivity index is 1.00. The highest BCUT2D eigenvalue weighted by Gasteiger charge is 2.22. The van der Waals surface area contributed by atoms with Crippen molar-refractivity contribution >= 4 is 0 Å². The SMILES string of the molecule is CC1CCCN1Cc1coc(-c2ccc(OCCN3CCN(CCN4CCCC4)CC3)cc2)n1. The maximum Gasteiger partial charge on any atom is 0.226 e. The number of ether oxygens (including phenoxy) is 1. The van der Waals surface area contributed by atoms with Crippen LogP contribution in [0.25, 0.3) is 11.5 Å². The van der Waals surface area contributed by atoms with Crippen molar-refractivity contribution < 1.29 is 9.15 Å². The van der Waals surface area contributed by atoms with E-state index in [0.29, 0.717) is 11.9 Å². The van der Waals surface area contributed by atoms with Gasteiger partial charge in [0.15, 0.2) is 0 Å². The van der Waals surface area contributed by atoms with E-state index in [0.717, 1.165) is 56.3 Å². The lowest BCUT2D eigenvalue weighted by atomic mass is 10.2. The number of likely N-dealkylation sites (tertiary alicyclic amines) is 2. The van der Waals surface area contributed by atoms with Crippen LogP contribution in [-0.2, 0) is 6.54 Å². The van der Waals surface area contributed by atoms with Gasteiger partial charge in [0.1, 0.15) is 18.6 Å². The van der Waals surface area contributed by atoms with E-state index in [1.807, 2.05) is 24.3 Å². The highest BCUT2D eigenvalue weighted by molar-refractivity contribution is 5.54. The molecule has 3 aliphatic rings. The zero-order valence-electron chi connectivity index (χ0n) is 20.8. The van der Waals surface area contributed by atoms with Gasteiger partial charge in [0, 0.05) is 64.0 Å². The molecule has 34 heavy (non-hydrogen) atoms. The molecule has 0 aliphatic carbocycles. The number of benzene rings is 1. The highest BCUT2D eigenvalue weighted by Crippen LogP contribution is 2.24. The van der Waals surface area contributed by atoms with Gasteiger partial charge in [-0.25, -0.2) is 4.98 Å². The van der Waals surface area contributed by atoms with E-state index in [4.69, 9.17) is 14.1 Å². The van der Waals surface area contributed by atoms with Crippen LogP contribution in [0.4, 0.5) is 0 Å². The fourth-order valence-electron chi connectivity index (χ4n) is 5.46. The van der Waals surface area contributed by atoms with E-state index < -0.39 is 0 Å². The van der Waals surface area contributed by atoms with Crippen LogP contribution in [0.2, 0.25) is 0 Å². The zero-order chi connectivity index (χ0) is 23.2. The van der Waals surface area contributed by atoms with Crippen LogP contribution in [0.15, 0.2) is 34.9 Å². The van der Waals surface area contributed by atoms with Crippen molar-refractivity contribution in [3.63, 3.8) is 0 Å². The maximum atomic E-state index is 6.03. The second-order valence-corrected chi connectivity index (χ2v) is 10.2. The minimum atomic E-state index is 0.639. The molecule has 3 aliphatic heterocycles. The van der Waals surface area contributed by atoms with Gasteiger partial charge in [-0.3, -0.25) is 14.7 Å². The summed E-state index contributed by atoms with van der Waals surface area (Å²) >= 11 is 0. The molecule has 0 radical (unpaired) electrons. The monoisotopic (exact) mass is 467 g/mol. The number of aromatic nitrogens is 1. The van der Waals surface area contributed by atoms with Crippen LogP contribution in [0, 0.1) is 0 Å². The minimum Gasteiger partial charge on any atom is -0.492 e. The summed E-state index contributed by atoms with van der Waals surface area (Å²) in [6.45, 7) is 15.7. The molecule has 0 saturated carbocycles. The molecule has 7 nitrogen and oxygen atoms in total. The van der Waals surface area contributed by atoms with E-state index in [1.54, 1.807) is 6.26 Å². The number of hydrogen-bond donors (Lipinski definition) is 0. The van der Waals surface area contributed by atoms with E-state index in [9.17, 15) is 0 Å². The Kier molecular flexibility index (Phi) is 8.17. The molecule has 0 N–H and O–H groups in total. The van der Waals surface area contributed by atoms with Crippen molar-refractivity contribution in [3.8, 4) is 17.2 Å². The Morgan fingerprint density at radius 1 is 0.853 bits per heavy atom. The number of piperazine rings is 1. The van der Waals surface area contributed by atoms with Crippen LogP contribution < -0.4 is 4.74 Å². The molecule has 1 aromatic heterocycles. The van der Waals surface area contributed by atoms with Gasteiger partial charge in [-0.2, -0.15) is 0 Å². The third-order valence-corrected chi connectivity index (χ3v) is 7.78. The van der Waals surface area contributed by atoms with Gasteiger partial charge in [-0.05, 0) is 76.5 Å². The number of hydrogen-bond acceptors (Lipinski definition) is 7. The summed E-state index contributed by atoms with van der Waals surface area (Å²) in [4.78, 5) is 14.9. The predicted molar refractivity (Wildman–Crippen MR) is 135 cm³/mol. The Hall–Kier alpha value is -1.93. The topological polar surface area (TPSA) is 48.2 Å². The van der Waals surface area contributed by atoms with Crippen molar-refractivity contribution in [1.82, 2.24) is 24.6 Å². The largest absolute Gasteiger partial charge is 0.492 e. The fourth-order valence-corrected chi connectivity index (χ4v) is 5.46. The molecule has 1 atom stereocenters. The van der Waals surface area contributed by atoms with E-state index in [1.165, 1.54) is 65.0 Å². The lowest BCUT2D eigenvalue weighted by Gasteiger charge is -2.35. The Labute approximate surface area is 204 Å². The second-order valence-electron chi connectivity index (χ2n) is 10.2. The first-order valence-corrected chi connectivity index (χ1v) is 13.3. The Morgan fingerprint density at radius 2 is 1.53 bits per heavy atom. The smallest absolute Gasteiger partial charge is 0.226 e. The summed E-state index contributed by atoms with van der Waals surface area (Å²) in [5.74, 6) is 1.60. The van der Waals surface area contributed by atoms with Gasteiger partial charge in [-0.15, -0.1) is 0 Å². The van der Waals surface area contributed by atoms with Crippen LogP contribution in [0.1, 0.15) is 38.3 Å². The summed E-state index contributed by atoms with van der Waals surface area (Å²) in [6, 6.07) is 8.78. The van der Waals surface area contributed by atoms with Crippen molar-refractivity contribution in [3.05, 3.63) is 36.2 Å². The van der Waals surface area contributed by atoms with E-state index >= 15 is 0 Å². The molecule has 0 spiro atoms. The third-order valence-electron chi connectivity index (χ3n) is 7.78. The normalized spacial score (nSPS) is 23.1. The van der Waals surface area contributed by atoms with Gasteiger partial charge in [0.2, 0.25) is 5.89 Å². The fraction of sp³-hybridized carbons (Fsp3) is 0.667. The molecule has 0 amide bonds. The van der Waals surface area contributed by atoms with Crippen molar-refractivity contribution in [2.75, 3.05) is 72.1 Å². The van der Waals surface area contributed by atoms with Gasteiger partial charge in [-0.1, -0.05) is 0 Å². The van der Waals surface area contributed by atoms with Crippen LogP contribution in [0.5, 0.6) is 5.75 Å². The molecule has 5 rings (SSSR count). The quantitative estimate of drug-likeness (QED) is 0.531. The first-order valence-electron chi connectivity index (χ1n) is 13.3. The first-order chi connectivity index (χ1) is 16.7. The lowest BCUT2D eigenvalue weighted by molar-refractivity contribution is 0.109. The van der Waals surface area contributed by atoms with Crippen molar-refractivity contribution in [1.29, 1.82) is 0 Å². The minimum absolute atomic E-state index is 0.639. The van der Waals surface area contributed by atoms with Crippen LogP contribution in [-0.4, -0.2) is 103 Å². The molecular weight excluding hydrogens is 426 g/mol. The van der Waals surface area contributed by atoms with Crippen LogP contribution >= 0.6 is 0 Å². The molecule has 2 aromatic rings. The van der Waals surface area contributed by atoms with Crippen molar-refractivity contribution in [2.45, 2.75) is 45.2 Å². The van der Waals surface area contributed by atoms with Gasteiger partial charge < -0.3 is 14.1 Å². The third kappa shape index (κ3) is 6.39. The Bertz CT molecular complexity index is 871. The average molecular weight is 468 g/mol. The van der Waals surface area contributed by atoms with Crippen molar-refractivity contribution in [2.24, 2.45) is 0 Å². The summed E-state index contributed by atoms with van der Waals surface area (Å²) in [5, 5.41) is 0. The summed E-state index contributed by atoms with van der Waals surface area (Å²) in [5.41, 5.74) is 2.01. The number of oxazole rings is 1. The molecule has 3 saturated heterocycles. The summed E-state index contributed by atoms with van der Waals surface area (Å²) in [6.07, 6.45) is 7.13. The second kappa shape index (κ2) is 11.7. The molecule has 1 aromatic carbocycles. The summed E-state index contributed by atoms with van der Waals surface area (Å²) in [7, 11) is 0. The number of rotatable bonds is 10. The molecule has 0 bridgehead atoms. The Morgan fingerprint density at radius 3 is 2.21 bits per heavy atom. The average Bonchev–Trinajstić information content (AvgIpc) is 3.63. The van der Waals surface area contributed by atoms with Crippen LogP contribution in [0.3, 0.4) is 0 Å². The van der Waals surface area contributed by atoms with E-state index in [-0.39, 0.29) is 0 Å². The van der Waals surface area contributed by atoms with Gasteiger partial charge in [0.05, 0.1) is 5.69 Å². The molecule has 186 valence electrons. The number of nitrogens with zero attached hydrogens (tertiary/aromatic N) is 5. The van der Waals surface area contributed by atoms with E-state index in [2.05, 4.69) is 26.5 Å². The highest BCUT2D eigenvalue weighted by atomic mass is 16.5. The van der Waals surface area contributed by atoms with Gasteiger partial charge >= 0.3 is 0 Å². The standard InChI is InChI=1S/C27H41N5O2/c1-23-5-4-12-32(23)21-25-22-34-27(28-25)24-6-8-26(9-7-24)33-20-19-31-17-15-30(16-18-31)14-13-29-10-2-3-11-29/h6-9,22-23H,2-5,10-21H2,1H3. The summed E-state index contributed by atoms with van der Waals surface area (Å²) < 4.78 is 11.8. The van der Waals surface area contributed by atoms with Gasteiger partial charge in [0.25, 0.3) is 0 Å². The lowest BCUT2D eigenvalue weighted by Crippen LogP contribution is -2.49. The molecule has 1 unspecified atom stereocenters. The first kappa shape index (κ1) is 23.8.